The molecule has 0 saturated heterocycles. The van der Waals surface area contributed by atoms with Crippen molar-refractivity contribution in [1.82, 2.24) is 0 Å². The molecule has 5 nitrogen and oxygen atoms in total. The van der Waals surface area contributed by atoms with Crippen molar-refractivity contribution in [2.75, 3.05) is 5.32 Å². The highest BCUT2D eigenvalue weighted by Crippen LogP contribution is 2.30. The fraction of sp³-hybridized carbons (Fsp3) is 0.0909. The minimum atomic E-state index is -0.827. The maximum atomic E-state index is 13.2. The quantitative estimate of drug-likeness (QED) is 0.681. The number of halogens is 2. The summed E-state index contributed by atoms with van der Waals surface area (Å²) in [6.07, 6.45) is 1.49. The van der Waals surface area contributed by atoms with Gasteiger partial charge in [0, 0.05) is 0 Å². The standard InChI is InChI=1S/C11H8ClFN2O3/c12-8-4-10(11(15(16)17)5-9(8)13)14-6-7-2-1-3-18-7/h1-5,14H,6H2. The van der Waals surface area contributed by atoms with Crippen LogP contribution in [0.2, 0.25) is 5.02 Å². The van der Waals surface area contributed by atoms with Crippen LogP contribution in [-0.4, -0.2) is 4.92 Å². The van der Waals surface area contributed by atoms with Crippen LogP contribution in [0.1, 0.15) is 5.76 Å². The molecule has 1 N–H and O–H groups in total. The van der Waals surface area contributed by atoms with E-state index >= 15 is 0 Å². The van der Waals surface area contributed by atoms with Crippen LogP contribution in [0.15, 0.2) is 34.9 Å². The van der Waals surface area contributed by atoms with Crippen molar-refractivity contribution in [3.8, 4) is 0 Å². The Hall–Kier alpha value is -2.08. The van der Waals surface area contributed by atoms with Crippen LogP contribution in [-0.2, 0) is 6.54 Å². The van der Waals surface area contributed by atoms with E-state index in [4.69, 9.17) is 16.0 Å². The Labute approximate surface area is 106 Å². The van der Waals surface area contributed by atoms with Crippen molar-refractivity contribution in [2.24, 2.45) is 0 Å². The smallest absolute Gasteiger partial charge is 0.295 e. The van der Waals surface area contributed by atoms with Gasteiger partial charge in [-0.2, -0.15) is 0 Å². The molecule has 0 spiro atoms. The Morgan fingerprint density at radius 3 is 2.89 bits per heavy atom. The molecule has 1 heterocycles. The first-order valence-corrected chi connectivity index (χ1v) is 5.35. The topological polar surface area (TPSA) is 68.3 Å². The van der Waals surface area contributed by atoms with Gasteiger partial charge in [-0.3, -0.25) is 10.1 Å². The van der Waals surface area contributed by atoms with Crippen molar-refractivity contribution in [2.45, 2.75) is 6.54 Å². The number of anilines is 1. The Bertz CT molecular complexity index is 572. The maximum Gasteiger partial charge on any atom is 0.295 e. The Morgan fingerprint density at radius 2 is 2.28 bits per heavy atom. The number of nitro groups is 1. The molecule has 7 heteroatoms. The first kappa shape index (κ1) is 12.4. The third-order valence-corrected chi connectivity index (χ3v) is 2.56. The molecule has 1 aromatic carbocycles. The highest BCUT2D eigenvalue weighted by Gasteiger charge is 2.17. The van der Waals surface area contributed by atoms with Gasteiger partial charge in [0.25, 0.3) is 5.69 Å². The molecule has 1 aromatic heterocycles. The summed E-state index contributed by atoms with van der Waals surface area (Å²) in [6, 6.07) is 5.37. The van der Waals surface area contributed by atoms with E-state index in [1.165, 1.54) is 12.3 Å². The van der Waals surface area contributed by atoms with Gasteiger partial charge >= 0.3 is 0 Å². The average molecular weight is 271 g/mol. The minimum absolute atomic E-state index is 0.141. The fourth-order valence-electron chi connectivity index (χ4n) is 1.42. The number of nitrogens with zero attached hydrogens (tertiary/aromatic N) is 1. The molecule has 0 aliphatic carbocycles. The third-order valence-electron chi connectivity index (χ3n) is 2.27. The number of furan rings is 1. The number of benzene rings is 1. The highest BCUT2D eigenvalue weighted by atomic mass is 35.5. The van der Waals surface area contributed by atoms with Gasteiger partial charge in [-0.1, -0.05) is 11.6 Å². The van der Waals surface area contributed by atoms with Crippen LogP contribution in [0.5, 0.6) is 0 Å². The summed E-state index contributed by atoms with van der Waals surface area (Å²) in [7, 11) is 0. The summed E-state index contributed by atoms with van der Waals surface area (Å²) < 4.78 is 18.2. The summed E-state index contributed by atoms with van der Waals surface area (Å²) in [5, 5.41) is 13.4. The highest BCUT2D eigenvalue weighted by molar-refractivity contribution is 6.31. The Morgan fingerprint density at radius 1 is 1.50 bits per heavy atom. The normalized spacial score (nSPS) is 10.3. The van der Waals surface area contributed by atoms with Gasteiger partial charge < -0.3 is 9.73 Å². The molecule has 18 heavy (non-hydrogen) atoms. The van der Waals surface area contributed by atoms with E-state index in [1.54, 1.807) is 12.1 Å². The summed E-state index contributed by atoms with van der Waals surface area (Å²) in [6.45, 7) is 0.246. The van der Waals surface area contributed by atoms with Crippen molar-refractivity contribution in [3.05, 3.63) is 57.2 Å². The van der Waals surface area contributed by atoms with Gasteiger partial charge in [-0.25, -0.2) is 4.39 Å². The second-order valence-electron chi connectivity index (χ2n) is 3.47. The number of nitro benzene ring substituents is 1. The van der Waals surface area contributed by atoms with E-state index in [9.17, 15) is 14.5 Å². The minimum Gasteiger partial charge on any atom is -0.467 e. The molecular formula is C11H8ClFN2O3. The largest absolute Gasteiger partial charge is 0.467 e. The molecule has 0 unspecified atom stereocenters. The van der Waals surface area contributed by atoms with E-state index in [0.29, 0.717) is 5.76 Å². The van der Waals surface area contributed by atoms with Gasteiger partial charge in [0.1, 0.15) is 17.3 Å². The van der Waals surface area contributed by atoms with E-state index in [-0.39, 0.29) is 22.9 Å². The summed E-state index contributed by atoms with van der Waals surface area (Å²) in [5.41, 5.74) is -0.230. The van der Waals surface area contributed by atoms with E-state index < -0.39 is 10.7 Å². The van der Waals surface area contributed by atoms with Gasteiger partial charge in [-0.15, -0.1) is 0 Å². The monoisotopic (exact) mass is 270 g/mol. The van der Waals surface area contributed by atoms with Crippen molar-refractivity contribution >= 4 is 23.0 Å². The molecule has 0 radical (unpaired) electrons. The SMILES string of the molecule is O=[N+]([O-])c1cc(F)c(Cl)cc1NCc1ccco1. The predicted molar refractivity (Wildman–Crippen MR) is 64.1 cm³/mol. The summed E-state index contributed by atoms with van der Waals surface area (Å²) in [5.74, 6) is -0.225. The second kappa shape index (κ2) is 5.05. The molecule has 0 bridgehead atoms. The third kappa shape index (κ3) is 2.60. The van der Waals surface area contributed by atoms with E-state index in [1.807, 2.05) is 0 Å². The maximum absolute atomic E-state index is 13.2. The molecule has 0 saturated carbocycles. The van der Waals surface area contributed by atoms with Gasteiger partial charge in [0.2, 0.25) is 0 Å². The second-order valence-corrected chi connectivity index (χ2v) is 3.88. The zero-order valence-corrected chi connectivity index (χ0v) is 9.78. The molecule has 0 amide bonds. The average Bonchev–Trinajstić information content (AvgIpc) is 2.83. The zero-order chi connectivity index (χ0) is 13.1. The van der Waals surface area contributed by atoms with Gasteiger partial charge in [-0.05, 0) is 18.2 Å². The number of nitrogens with one attached hydrogen (secondary N) is 1. The van der Waals surface area contributed by atoms with Crippen LogP contribution in [0.25, 0.3) is 0 Å². The first-order chi connectivity index (χ1) is 8.58. The van der Waals surface area contributed by atoms with Gasteiger partial charge in [0.05, 0.1) is 28.8 Å². The Balaban J connectivity index is 2.25. The van der Waals surface area contributed by atoms with Crippen molar-refractivity contribution in [1.29, 1.82) is 0 Å². The summed E-state index contributed by atoms with van der Waals surface area (Å²) >= 11 is 5.59. The molecule has 94 valence electrons. The lowest BCUT2D eigenvalue weighted by Crippen LogP contribution is -2.02. The lowest BCUT2D eigenvalue weighted by molar-refractivity contribution is -0.384. The molecule has 0 fully saturated rings. The number of rotatable bonds is 4. The molecule has 0 atom stereocenters. The van der Waals surface area contributed by atoms with Crippen molar-refractivity contribution in [3.63, 3.8) is 0 Å². The number of hydrogen-bond acceptors (Lipinski definition) is 4. The van der Waals surface area contributed by atoms with E-state index in [0.717, 1.165) is 6.07 Å². The lowest BCUT2D eigenvalue weighted by atomic mass is 10.2. The molecular weight excluding hydrogens is 263 g/mol. The van der Waals surface area contributed by atoms with Crippen LogP contribution in [0, 0.1) is 15.9 Å². The molecule has 2 rings (SSSR count). The van der Waals surface area contributed by atoms with Crippen molar-refractivity contribution < 1.29 is 13.7 Å². The van der Waals surface area contributed by atoms with Crippen LogP contribution in [0.3, 0.4) is 0 Å². The summed E-state index contributed by atoms with van der Waals surface area (Å²) in [4.78, 5) is 10.1. The Kier molecular flexibility index (Phi) is 3.47. The van der Waals surface area contributed by atoms with E-state index in [2.05, 4.69) is 5.32 Å². The fourth-order valence-corrected chi connectivity index (χ4v) is 1.59. The first-order valence-electron chi connectivity index (χ1n) is 4.97. The van der Waals surface area contributed by atoms with Gasteiger partial charge in [0.15, 0.2) is 0 Å². The number of hydrogen-bond donors (Lipinski definition) is 1. The van der Waals surface area contributed by atoms with Crippen LogP contribution in [0.4, 0.5) is 15.8 Å². The predicted octanol–water partition coefficient (Wildman–Crippen LogP) is 3.59. The molecule has 0 aliphatic rings. The lowest BCUT2D eigenvalue weighted by Gasteiger charge is -2.06. The molecule has 0 aliphatic heterocycles. The molecule has 2 aromatic rings. The van der Waals surface area contributed by atoms with Crippen LogP contribution >= 0.6 is 11.6 Å². The van der Waals surface area contributed by atoms with Crippen LogP contribution < -0.4 is 5.32 Å². The zero-order valence-electron chi connectivity index (χ0n) is 9.02.